The molecule has 0 fully saturated rings. The fourth-order valence-corrected chi connectivity index (χ4v) is 2.81. The van der Waals surface area contributed by atoms with Crippen LogP contribution in [0.1, 0.15) is 29.3 Å². The second-order valence-corrected chi connectivity index (χ2v) is 5.93. The Hall–Kier alpha value is -1.06. The first-order chi connectivity index (χ1) is 9.54. The van der Waals surface area contributed by atoms with Gasteiger partial charge in [0, 0.05) is 17.5 Å². The van der Waals surface area contributed by atoms with E-state index in [4.69, 9.17) is 16.3 Å². The summed E-state index contributed by atoms with van der Waals surface area (Å²) >= 11 is 9.77. The molecule has 0 radical (unpaired) electrons. The molecule has 0 spiro atoms. The molecule has 0 aromatic heterocycles. The van der Waals surface area contributed by atoms with E-state index in [0.29, 0.717) is 10.2 Å². The predicted octanol–water partition coefficient (Wildman–Crippen LogP) is 5.68. The first kappa shape index (κ1) is 15.3. The lowest BCUT2D eigenvalue weighted by Crippen LogP contribution is -2.05. The topological polar surface area (TPSA) is 9.23 Å². The molecule has 106 valence electrons. The Kier molecular flexibility index (Phi) is 5.06. The summed E-state index contributed by atoms with van der Waals surface area (Å²) < 4.78 is 19.2. The third-order valence-electron chi connectivity index (χ3n) is 3.33. The zero-order valence-electron chi connectivity index (χ0n) is 11.2. The van der Waals surface area contributed by atoms with Crippen molar-refractivity contribution in [1.82, 2.24) is 0 Å². The van der Waals surface area contributed by atoms with Crippen LogP contribution in [0.4, 0.5) is 4.39 Å². The molecule has 0 amide bonds. The van der Waals surface area contributed by atoms with Crippen molar-refractivity contribution in [1.29, 1.82) is 0 Å². The SMILES string of the molecule is COc1cc(F)c(Br)cc1C(Cl)C(C)c1ccccc1. The van der Waals surface area contributed by atoms with Crippen molar-refractivity contribution in [3.8, 4) is 5.75 Å². The molecule has 2 atom stereocenters. The lowest BCUT2D eigenvalue weighted by atomic mass is 9.93. The van der Waals surface area contributed by atoms with Crippen molar-refractivity contribution < 1.29 is 9.13 Å². The number of ether oxygens (including phenoxy) is 1. The van der Waals surface area contributed by atoms with Gasteiger partial charge in [0.05, 0.1) is 17.0 Å². The number of alkyl halides is 1. The monoisotopic (exact) mass is 356 g/mol. The molecule has 0 N–H and O–H groups in total. The standard InChI is InChI=1S/C16H15BrClFO/c1-10(11-6-4-3-5-7-11)16(18)12-8-13(17)14(19)9-15(12)20-2/h3-10,16H,1-2H3. The number of methoxy groups -OCH3 is 1. The van der Waals surface area contributed by atoms with Crippen LogP contribution < -0.4 is 4.74 Å². The minimum Gasteiger partial charge on any atom is -0.496 e. The van der Waals surface area contributed by atoms with Crippen LogP contribution in [0.3, 0.4) is 0 Å². The van der Waals surface area contributed by atoms with Crippen LogP contribution in [0, 0.1) is 5.82 Å². The maximum atomic E-state index is 13.6. The number of halogens is 3. The van der Waals surface area contributed by atoms with Crippen LogP contribution in [-0.2, 0) is 0 Å². The molecule has 0 aliphatic rings. The summed E-state index contributed by atoms with van der Waals surface area (Å²) in [4.78, 5) is 0. The molecule has 0 aliphatic heterocycles. The highest BCUT2D eigenvalue weighted by Crippen LogP contribution is 2.41. The largest absolute Gasteiger partial charge is 0.496 e. The number of rotatable bonds is 4. The highest BCUT2D eigenvalue weighted by atomic mass is 79.9. The first-order valence-corrected chi connectivity index (χ1v) is 7.49. The molecule has 0 saturated carbocycles. The molecular weight excluding hydrogens is 343 g/mol. The molecule has 20 heavy (non-hydrogen) atoms. The number of hydrogen-bond acceptors (Lipinski definition) is 1. The summed E-state index contributed by atoms with van der Waals surface area (Å²) in [6, 6.07) is 13.0. The van der Waals surface area contributed by atoms with Crippen molar-refractivity contribution in [2.45, 2.75) is 18.2 Å². The van der Waals surface area contributed by atoms with Crippen LogP contribution in [-0.4, -0.2) is 7.11 Å². The van der Waals surface area contributed by atoms with Gasteiger partial charge in [-0.15, -0.1) is 11.6 Å². The third kappa shape index (κ3) is 3.15. The van der Waals surface area contributed by atoms with Crippen molar-refractivity contribution >= 4 is 27.5 Å². The van der Waals surface area contributed by atoms with Crippen molar-refractivity contribution in [2.24, 2.45) is 0 Å². The molecule has 1 nitrogen and oxygen atoms in total. The third-order valence-corrected chi connectivity index (χ3v) is 4.55. The van der Waals surface area contributed by atoms with Crippen molar-refractivity contribution in [3.05, 3.63) is 63.9 Å². The van der Waals surface area contributed by atoms with Gasteiger partial charge in [-0.1, -0.05) is 37.3 Å². The summed E-state index contributed by atoms with van der Waals surface area (Å²) in [5, 5.41) is -0.302. The molecule has 2 aromatic rings. The molecule has 0 saturated heterocycles. The summed E-state index contributed by atoms with van der Waals surface area (Å²) in [5.41, 5.74) is 1.91. The van der Waals surface area contributed by atoms with Crippen LogP contribution in [0.5, 0.6) is 5.75 Å². The fraction of sp³-hybridized carbons (Fsp3) is 0.250. The average molecular weight is 358 g/mol. The Morgan fingerprint density at radius 1 is 1.20 bits per heavy atom. The van der Waals surface area contributed by atoms with E-state index in [1.807, 2.05) is 37.3 Å². The van der Waals surface area contributed by atoms with Gasteiger partial charge in [-0.25, -0.2) is 4.39 Å². The molecule has 4 heteroatoms. The molecule has 0 bridgehead atoms. The van der Waals surface area contributed by atoms with Gasteiger partial charge < -0.3 is 4.74 Å². The predicted molar refractivity (Wildman–Crippen MR) is 84.1 cm³/mol. The maximum Gasteiger partial charge on any atom is 0.141 e. The van der Waals surface area contributed by atoms with E-state index < -0.39 is 0 Å². The van der Waals surface area contributed by atoms with Crippen LogP contribution in [0.2, 0.25) is 0 Å². The molecule has 2 aromatic carbocycles. The van der Waals surface area contributed by atoms with Gasteiger partial charge >= 0.3 is 0 Å². The average Bonchev–Trinajstić information content (AvgIpc) is 2.49. The molecule has 2 unspecified atom stereocenters. The van der Waals surface area contributed by atoms with Crippen molar-refractivity contribution in [3.63, 3.8) is 0 Å². The first-order valence-electron chi connectivity index (χ1n) is 6.26. The van der Waals surface area contributed by atoms with E-state index in [-0.39, 0.29) is 17.1 Å². The molecule has 2 rings (SSSR count). The Morgan fingerprint density at radius 3 is 2.45 bits per heavy atom. The summed E-state index contributed by atoms with van der Waals surface area (Å²) in [6.45, 7) is 2.05. The van der Waals surface area contributed by atoms with Crippen LogP contribution in [0.15, 0.2) is 46.9 Å². The summed E-state index contributed by atoms with van der Waals surface area (Å²) in [7, 11) is 1.52. The quantitative estimate of drug-likeness (QED) is 0.640. The molecule has 0 aliphatic carbocycles. The second kappa shape index (κ2) is 6.59. The Bertz CT molecular complexity index is 589. The minimum atomic E-state index is -0.359. The van der Waals surface area contributed by atoms with E-state index >= 15 is 0 Å². The van der Waals surface area contributed by atoms with E-state index in [9.17, 15) is 4.39 Å². The van der Waals surface area contributed by atoms with E-state index in [0.717, 1.165) is 11.1 Å². The maximum absolute atomic E-state index is 13.6. The summed E-state index contributed by atoms with van der Waals surface area (Å²) in [6.07, 6.45) is 0. The Balaban J connectivity index is 2.38. The van der Waals surface area contributed by atoms with Gasteiger partial charge in [-0.2, -0.15) is 0 Å². The van der Waals surface area contributed by atoms with Crippen LogP contribution >= 0.6 is 27.5 Å². The van der Waals surface area contributed by atoms with Gasteiger partial charge in [0.25, 0.3) is 0 Å². The van der Waals surface area contributed by atoms with Gasteiger partial charge in [0.1, 0.15) is 11.6 Å². The molecular formula is C16H15BrClFO. The zero-order chi connectivity index (χ0) is 14.7. The fourth-order valence-electron chi connectivity index (χ4n) is 2.13. The van der Waals surface area contributed by atoms with Gasteiger partial charge in [0.2, 0.25) is 0 Å². The van der Waals surface area contributed by atoms with Crippen molar-refractivity contribution in [2.75, 3.05) is 7.11 Å². The normalized spacial score (nSPS) is 13.8. The Morgan fingerprint density at radius 2 is 1.85 bits per heavy atom. The summed E-state index contributed by atoms with van der Waals surface area (Å²) in [5.74, 6) is 0.194. The van der Waals surface area contributed by atoms with Gasteiger partial charge in [0.15, 0.2) is 0 Å². The van der Waals surface area contributed by atoms with Gasteiger partial charge in [-0.3, -0.25) is 0 Å². The van der Waals surface area contributed by atoms with E-state index in [1.165, 1.54) is 13.2 Å². The van der Waals surface area contributed by atoms with E-state index in [2.05, 4.69) is 15.9 Å². The molecule has 0 heterocycles. The highest BCUT2D eigenvalue weighted by molar-refractivity contribution is 9.10. The smallest absolute Gasteiger partial charge is 0.141 e. The van der Waals surface area contributed by atoms with E-state index in [1.54, 1.807) is 6.07 Å². The lowest BCUT2D eigenvalue weighted by Gasteiger charge is -2.21. The zero-order valence-corrected chi connectivity index (χ0v) is 13.6. The number of benzene rings is 2. The highest BCUT2D eigenvalue weighted by Gasteiger charge is 2.23. The second-order valence-electron chi connectivity index (χ2n) is 4.61. The lowest BCUT2D eigenvalue weighted by molar-refractivity contribution is 0.403. The van der Waals surface area contributed by atoms with Gasteiger partial charge in [-0.05, 0) is 27.6 Å². The number of hydrogen-bond donors (Lipinski definition) is 0. The Labute approximate surface area is 131 Å². The minimum absolute atomic E-state index is 0.0872. The van der Waals surface area contributed by atoms with Crippen LogP contribution in [0.25, 0.3) is 0 Å².